The molecule has 0 radical (unpaired) electrons. The first-order valence-corrected chi connectivity index (χ1v) is 8.34. The van der Waals surface area contributed by atoms with E-state index < -0.39 is 0 Å². The Labute approximate surface area is 129 Å². The van der Waals surface area contributed by atoms with E-state index in [9.17, 15) is 0 Å². The number of rotatable bonds is 6. The number of aromatic nitrogens is 1. The van der Waals surface area contributed by atoms with Crippen LogP contribution in [0.4, 0.5) is 5.82 Å². The first kappa shape index (κ1) is 16.2. The van der Waals surface area contributed by atoms with Crippen LogP contribution in [-0.4, -0.2) is 54.1 Å². The van der Waals surface area contributed by atoms with Crippen LogP contribution in [0.2, 0.25) is 0 Å². The fourth-order valence-corrected chi connectivity index (χ4v) is 3.05. The van der Waals surface area contributed by atoms with Crippen molar-refractivity contribution in [2.24, 2.45) is 0 Å². The molecule has 0 amide bonds. The fraction of sp³-hybridized carbons (Fsp3) is 0.706. The van der Waals surface area contributed by atoms with Gasteiger partial charge in [-0.25, -0.2) is 4.98 Å². The van der Waals surface area contributed by atoms with Gasteiger partial charge in [0.25, 0.3) is 0 Å². The lowest BCUT2D eigenvalue weighted by Crippen LogP contribution is -2.39. The smallest absolute Gasteiger partial charge is 0.126 e. The molecule has 0 bridgehead atoms. The van der Waals surface area contributed by atoms with E-state index in [4.69, 9.17) is 0 Å². The lowest BCUT2D eigenvalue weighted by Gasteiger charge is -2.30. The minimum Gasteiger partial charge on any atom is -0.370 e. The number of nitrogens with one attached hydrogen (secondary N) is 1. The van der Waals surface area contributed by atoms with Gasteiger partial charge in [0.1, 0.15) is 5.82 Å². The average molecular weight is 290 g/mol. The van der Waals surface area contributed by atoms with Crippen LogP contribution in [0, 0.1) is 0 Å². The quantitative estimate of drug-likeness (QED) is 0.873. The molecule has 2 rings (SSSR count). The summed E-state index contributed by atoms with van der Waals surface area (Å²) in [5, 5.41) is 3.38. The Balaban J connectivity index is 2.01. The van der Waals surface area contributed by atoms with Crippen LogP contribution >= 0.6 is 0 Å². The topological polar surface area (TPSA) is 31.4 Å². The standard InChI is InChI=1S/C17H30N4/c1-4-8-18-17-12-15(7-9-19-17)13-21-11-6-10-20(3)14-16(21)5-2/h7,9,12,16H,4-6,8,10-11,13-14H2,1-3H3,(H,18,19). The summed E-state index contributed by atoms with van der Waals surface area (Å²) in [4.78, 5) is 9.51. The molecule has 1 aromatic heterocycles. The summed E-state index contributed by atoms with van der Waals surface area (Å²) in [6.07, 6.45) is 5.54. The van der Waals surface area contributed by atoms with E-state index in [0.29, 0.717) is 6.04 Å². The molecule has 4 heteroatoms. The van der Waals surface area contributed by atoms with Crippen molar-refractivity contribution in [3.8, 4) is 0 Å². The third kappa shape index (κ3) is 4.97. The molecular formula is C17H30N4. The first-order chi connectivity index (χ1) is 10.2. The second-order valence-electron chi connectivity index (χ2n) is 6.12. The molecule has 1 atom stereocenters. The number of likely N-dealkylation sites (N-methyl/N-ethyl adjacent to an activating group) is 1. The molecule has 2 heterocycles. The van der Waals surface area contributed by atoms with Crippen LogP contribution in [0.1, 0.15) is 38.7 Å². The Bertz CT molecular complexity index is 421. The van der Waals surface area contributed by atoms with Crippen LogP contribution in [0.15, 0.2) is 18.3 Å². The summed E-state index contributed by atoms with van der Waals surface area (Å²) in [7, 11) is 2.24. The number of anilines is 1. The molecule has 21 heavy (non-hydrogen) atoms. The first-order valence-electron chi connectivity index (χ1n) is 8.34. The zero-order valence-electron chi connectivity index (χ0n) is 13.8. The van der Waals surface area contributed by atoms with Gasteiger partial charge in [0.15, 0.2) is 0 Å². The Hall–Kier alpha value is -1.13. The Morgan fingerprint density at radius 3 is 2.95 bits per heavy atom. The molecule has 1 N–H and O–H groups in total. The minimum absolute atomic E-state index is 0.665. The average Bonchev–Trinajstić information content (AvgIpc) is 2.67. The van der Waals surface area contributed by atoms with Gasteiger partial charge in [-0.3, -0.25) is 4.90 Å². The molecule has 4 nitrogen and oxygen atoms in total. The highest BCUT2D eigenvalue weighted by atomic mass is 15.2. The van der Waals surface area contributed by atoms with Gasteiger partial charge in [-0.15, -0.1) is 0 Å². The third-order valence-electron chi connectivity index (χ3n) is 4.26. The van der Waals surface area contributed by atoms with E-state index in [0.717, 1.165) is 25.3 Å². The highest BCUT2D eigenvalue weighted by Crippen LogP contribution is 2.17. The molecule has 1 saturated heterocycles. The lowest BCUT2D eigenvalue weighted by atomic mass is 10.1. The van der Waals surface area contributed by atoms with Crippen molar-refractivity contribution in [1.29, 1.82) is 0 Å². The summed E-state index contributed by atoms with van der Waals surface area (Å²) < 4.78 is 0. The summed E-state index contributed by atoms with van der Waals surface area (Å²) in [5.41, 5.74) is 1.37. The summed E-state index contributed by atoms with van der Waals surface area (Å²) in [5.74, 6) is 1.01. The minimum atomic E-state index is 0.665. The van der Waals surface area contributed by atoms with Crippen LogP contribution < -0.4 is 5.32 Å². The molecule has 1 fully saturated rings. The predicted octanol–water partition coefficient (Wildman–Crippen LogP) is 2.82. The van der Waals surface area contributed by atoms with Crippen molar-refractivity contribution in [1.82, 2.24) is 14.8 Å². The number of hydrogen-bond donors (Lipinski definition) is 1. The van der Waals surface area contributed by atoms with E-state index in [1.54, 1.807) is 0 Å². The van der Waals surface area contributed by atoms with Crippen molar-refractivity contribution in [2.75, 3.05) is 38.5 Å². The lowest BCUT2D eigenvalue weighted by molar-refractivity contribution is 0.176. The molecule has 1 unspecified atom stereocenters. The molecule has 118 valence electrons. The van der Waals surface area contributed by atoms with Crippen molar-refractivity contribution < 1.29 is 0 Å². The number of nitrogens with zero attached hydrogens (tertiary/aromatic N) is 3. The van der Waals surface area contributed by atoms with Gasteiger partial charge in [0.2, 0.25) is 0 Å². The number of pyridine rings is 1. The monoisotopic (exact) mass is 290 g/mol. The van der Waals surface area contributed by atoms with E-state index in [2.05, 4.69) is 53.1 Å². The Kier molecular flexibility index (Phi) is 6.46. The molecule has 0 aliphatic carbocycles. The summed E-state index contributed by atoms with van der Waals surface area (Å²) >= 11 is 0. The zero-order chi connectivity index (χ0) is 15.1. The predicted molar refractivity (Wildman–Crippen MR) is 89.6 cm³/mol. The van der Waals surface area contributed by atoms with Gasteiger partial charge in [0.05, 0.1) is 0 Å². The second kappa shape index (κ2) is 8.35. The molecule has 0 saturated carbocycles. The van der Waals surface area contributed by atoms with Crippen molar-refractivity contribution >= 4 is 5.82 Å². The van der Waals surface area contributed by atoms with Crippen molar-refractivity contribution in [2.45, 2.75) is 45.7 Å². The molecule has 0 aromatic carbocycles. The van der Waals surface area contributed by atoms with Gasteiger partial charge in [0, 0.05) is 38.4 Å². The normalized spacial score (nSPS) is 21.2. The molecule has 0 spiro atoms. The molecule has 1 aliphatic rings. The van der Waals surface area contributed by atoms with E-state index in [1.165, 1.54) is 38.0 Å². The van der Waals surface area contributed by atoms with Crippen LogP contribution in [0.5, 0.6) is 0 Å². The summed E-state index contributed by atoms with van der Waals surface area (Å²) in [6, 6.07) is 5.02. The van der Waals surface area contributed by atoms with Gasteiger partial charge in [-0.05, 0) is 50.6 Å². The van der Waals surface area contributed by atoms with Gasteiger partial charge in [-0.1, -0.05) is 13.8 Å². The van der Waals surface area contributed by atoms with Gasteiger partial charge < -0.3 is 10.2 Å². The van der Waals surface area contributed by atoms with E-state index >= 15 is 0 Å². The zero-order valence-corrected chi connectivity index (χ0v) is 13.8. The van der Waals surface area contributed by atoms with Crippen molar-refractivity contribution in [3.63, 3.8) is 0 Å². The van der Waals surface area contributed by atoms with Crippen molar-refractivity contribution in [3.05, 3.63) is 23.9 Å². The molecule has 1 aromatic rings. The molecular weight excluding hydrogens is 260 g/mol. The molecule has 1 aliphatic heterocycles. The highest BCUT2D eigenvalue weighted by molar-refractivity contribution is 5.37. The maximum Gasteiger partial charge on any atom is 0.126 e. The SMILES string of the molecule is CCCNc1cc(CN2CCCN(C)CC2CC)ccn1. The van der Waals surface area contributed by atoms with Crippen LogP contribution in [0.3, 0.4) is 0 Å². The van der Waals surface area contributed by atoms with Gasteiger partial charge >= 0.3 is 0 Å². The maximum absolute atomic E-state index is 4.40. The van der Waals surface area contributed by atoms with Gasteiger partial charge in [-0.2, -0.15) is 0 Å². The fourth-order valence-electron chi connectivity index (χ4n) is 3.05. The van der Waals surface area contributed by atoms with E-state index in [-0.39, 0.29) is 0 Å². The Morgan fingerprint density at radius 2 is 2.19 bits per heavy atom. The maximum atomic E-state index is 4.40. The Morgan fingerprint density at radius 1 is 1.33 bits per heavy atom. The van der Waals surface area contributed by atoms with Crippen LogP contribution in [0.25, 0.3) is 0 Å². The largest absolute Gasteiger partial charge is 0.370 e. The number of hydrogen-bond acceptors (Lipinski definition) is 4. The summed E-state index contributed by atoms with van der Waals surface area (Å²) in [6.45, 7) is 10.1. The van der Waals surface area contributed by atoms with Crippen LogP contribution in [-0.2, 0) is 6.54 Å². The second-order valence-corrected chi connectivity index (χ2v) is 6.12. The van der Waals surface area contributed by atoms with E-state index in [1.807, 2.05) is 6.20 Å². The third-order valence-corrected chi connectivity index (χ3v) is 4.26. The highest BCUT2D eigenvalue weighted by Gasteiger charge is 2.21.